The monoisotopic (exact) mass is 274 g/mol. The summed E-state index contributed by atoms with van der Waals surface area (Å²) in [7, 11) is 0. The number of nitrogens with one attached hydrogen (secondary N) is 1. The SMILES string of the molecule is O=C1N(C2CC2)C(c2ccc(F)cc2)NC12CCCC2. The highest BCUT2D eigenvalue weighted by Crippen LogP contribution is 2.45. The molecule has 2 saturated carbocycles. The van der Waals surface area contributed by atoms with E-state index in [0.29, 0.717) is 6.04 Å². The molecule has 3 fully saturated rings. The van der Waals surface area contributed by atoms with Crippen molar-refractivity contribution in [1.29, 1.82) is 0 Å². The summed E-state index contributed by atoms with van der Waals surface area (Å²) < 4.78 is 13.1. The molecule has 0 aromatic heterocycles. The van der Waals surface area contributed by atoms with Crippen LogP contribution in [-0.4, -0.2) is 22.4 Å². The molecule has 1 aromatic rings. The molecule has 1 N–H and O–H groups in total. The fourth-order valence-electron chi connectivity index (χ4n) is 3.71. The maximum absolute atomic E-state index is 13.1. The van der Waals surface area contributed by atoms with Crippen LogP contribution in [0.3, 0.4) is 0 Å². The molecule has 4 rings (SSSR count). The summed E-state index contributed by atoms with van der Waals surface area (Å²) in [4.78, 5) is 14.9. The molecular formula is C16H19FN2O. The molecule has 2 aliphatic carbocycles. The summed E-state index contributed by atoms with van der Waals surface area (Å²) in [5.41, 5.74) is 0.650. The Morgan fingerprint density at radius 1 is 1.15 bits per heavy atom. The summed E-state index contributed by atoms with van der Waals surface area (Å²) in [6.45, 7) is 0. The molecule has 1 atom stereocenters. The first-order valence-corrected chi connectivity index (χ1v) is 7.56. The molecule has 20 heavy (non-hydrogen) atoms. The smallest absolute Gasteiger partial charge is 0.244 e. The minimum atomic E-state index is -0.346. The zero-order chi connectivity index (χ0) is 13.7. The lowest BCUT2D eigenvalue weighted by Gasteiger charge is -2.24. The van der Waals surface area contributed by atoms with Crippen LogP contribution in [0.4, 0.5) is 4.39 Å². The zero-order valence-electron chi connectivity index (χ0n) is 11.4. The van der Waals surface area contributed by atoms with Gasteiger partial charge in [-0.15, -0.1) is 0 Å². The predicted molar refractivity (Wildman–Crippen MR) is 73.3 cm³/mol. The Balaban J connectivity index is 1.70. The first-order chi connectivity index (χ1) is 9.70. The number of carbonyl (C=O) groups excluding carboxylic acids is 1. The summed E-state index contributed by atoms with van der Waals surface area (Å²) in [5.74, 6) is 0.0402. The number of rotatable bonds is 2. The molecule has 106 valence electrons. The molecule has 3 aliphatic rings. The van der Waals surface area contributed by atoms with Gasteiger partial charge in [0.2, 0.25) is 5.91 Å². The summed E-state index contributed by atoms with van der Waals surface area (Å²) in [5, 5.41) is 3.58. The van der Waals surface area contributed by atoms with E-state index in [-0.39, 0.29) is 23.4 Å². The van der Waals surface area contributed by atoms with Crippen LogP contribution in [0.5, 0.6) is 0 Å². The molecule has 1 amide bonds. The second-order valence-electron chi connectivity index (χ2n) is 6.33. The third-order valence-corrected chi connectivity index (χ3v) is 4.92. The van der Waals surface area contributed by atoms with Gasteiger partial charge in [-0.2, -0.15) is 0 Å². The van der Waals surface area contributed by atoms with Gasteiger partial charge in [0.05, 0.1) is 5.54 Å². The van der Waals surface area contributed by atoms with Crippen molar-refractivity contribution in [3.63, 3.8) is 0 Å². The summed E-state index contributed by atoms with van der Waals surface area (Å²) in [6, 6.07) is 6.93. The van der Waals surface area contributed by atoms with Crippen LogP contribution in [0.25, 0.3) is 0 Å². The van der Waals surface area contributed by atoms with Crippen molar-refractivity contribution >= 4 is 5.91 Å². The van der Waals surface area contributed by atoms with Crippen LogP contribution in [0.1, 0.15) is 50.3 Å². The van der Waals surface area contributed by atoms with Crippen LogP contribution < -0.4 is 5.32 Å². The van der Waals surface area contributed by atoms with E-state index in [1.807, 2.05) is 4.90 Å². The Morgan fingerprint density at radius 3 is 2.40 bits per heavy atom. The number of hydrogen-bond donors (Lipinski definition) is 1. The number of carbonyl (C=O) groups is 1. The van der Waals surface area contributed by atoms with Crippen molar-refractivity contribution in [1.82, 2.24) is 10.2 Å². The number of halogens is 1. The molecule has 0 radical (unpaired) electrons. The lowest BCUT2D eigenvalue weighted by atomic mass is 9.98. The molecule has 1 aromatic carbocycles. The summed E-state index contributed by atoms with van der Waals surface area (Å²) in [6.07, 6.45) is 6.23. The molecule has 0 bridgehead atoms. The van der Waals surface area contributed by atoms with Gasteiger partial charge in [0.1, 0.15) is 12.0 Å². The number of nitrogens with zero attached hydrogens (tertiary/aromatic N) is 1. The molecule has 1 heterocycles. The Labute approximate surface area is 118 Å². The minimum absolute atomic E-state index is 0.0753. The lowest BCUT2D eigenvalue weighted by Crippen LogP contribution is -2.44. The average Bonchev–Trinajstić information content (AvgIpc) is 3.10. The van der Waals surface area contributed by atoms with Crippen LogP contribution >= 0.6 is 0 Å². The van der Waals surface area contributed by atoms with Crippen molar-refractivity contribution in [2.75, 3.05) is 0 Å². The zero-order valence-corrected chi connectivity index (χ0v) is 11.4. The van der Waals surface area contributed by atoms with Gasteiger partial charge >= 0.3 is 0 Å². The predicted octanol–water partition coefficient (Wildman–Crippen LogP) is 2.73. The van der Waals surface area contributed by atoms with Gasteiger partial charge in [-0.1, -0.05) is 25.0 Å². The largest absolute Gasteiger partial charge is 0.318 e. The first kappa shape index (κ1) is 12.3. The Morgan fingerprint density at radius 2 is 1.80 bits per heavy atom. The van der Waals surface area contributed by atoms with E-state index >= 15 is 0 Å². The number of amides is 1. The molecule has 4 heteroatoms. The van der Waals surface area contributed by atoms with E-state index in [0.717, 1.165) is 44.1 Å². The van der Waals surface area contributed by atoms with E-state index in [9.17, 15) is 9.18 Å². The average molecular weight is 274 g/mol. The van der Waals surface area contributed by atoms with Gasteiger partial charge < -0.3 is 4.90 Å². The van der Waals surface area contributed by atoms with Crippen molar-refractivity contribution in [2.45, 2.75) is 56.3 Å². The van der Waals surface area contributed by atoms with Crippen molar-refractivity contribution in [3.05, 3.63) is 35.6 Å². The van der Waals surface area contributed by atoms with E-state index < -0.39 is 0 Å². The van der Waals surface area contributed by atoms with Crippen LogP contribution in [-0.2, 0) is 4.79 Å². The van der Waals surface area contributed by atoms with Gasteiger partial charge in [0.15, 0.2) is 0 Å². The second kappa shape index (κ2) is 4.29. The van der Waals surface area contributed by atoms with E-state index in [2.05, 4.69) is 5.32 Å². The fourth-order valence-corrected chi connectivity index (χ4v) is 3.71. The minimum Gasteiger partial charge on any atom is -0.318 e. The van der Waals surface area contributed by atoms with Gasteiger partial charge in [-0.25, -0.2) is 4.39 Å². The Hall–Kier alpha value is -1.42. The molecule has 1 unspecified atom stereocenters. The van der Waals surface area contributed by atoms with Gasteiger partial charge in [0, 0.05) is 6.04 Å². The molecule has 1 aliphatic heterocycles. The molecule has 3 nitrogen and oxygen atoms in total. The van der Waals surface area contributed by atoms with Crippen molar-refractivity contribution in [2.24, 2.45) is 0 Å². The van der Waals surface area contributed by atoms with E-state index in [4.69, 9.17) is 0 Å². The highest BCUT2D eigenvalue weighted by Gasteiger charge is 2.55. The standard InChI is InChI=1S/C16H19FN2O/c17-12-5-3-11(4-6-12)14-18-16(9-1-2-10-16)15(20)19(14)13-7-8-13/h3-6,13-14,18H,1-2,7-10H2. The van der Waals surface area contributed by atoms with Gasteiger partial charge in [-0.3, -0.25) is 10.1 Å². The Kier molecular flexibility index (Phi) is 2.64. The third kappa shape index (κ3) is 1.78. The normalized spacial score (nSPS) is 28.6. The quantitative estimate of drug-likeness (QED) is 0.899. The first-order valence-electron chi connectivity index (χ1n) is 7.56. The highest BCUT2D eigenvalue weighted by atomic mass is 19.1. The van der Waals surface area contributed by atoms with E-state index in [1.54, 1.807) is 12.1 Å². The maximum Gasteiger partial charge on any atom is 0.244 e. The van der Waals surface area contributed by atoms with Crippen LogP contribution in [0.15, 0.2) is 24.3 Å². The molecule has 1 saturated heterocycles. The summed E-state index contributed by atoms with van der Waals surface area (Å²) >= 11 is 0. The maximum atomic E-state index is 13.1. The topological polar surface area (TPSA) is 32.3 Å². The van der Waals surface area contributed by atoms with Gasteiger partial charge in [0.25, 0.3) is 0 Å². The van der Waals surface area contributed by atoms with Gasteiger partial charge in [-0.05, 0) is 43.4 Å². The van der Waals surface area contributed by atoms with Crippen molar-refractivity contribution < 1.29 is 9.18 Å². The Bertz CT molecular complexity index is 532. The van der Waals surface area contributed by atoms with Crippen LogP contribution in [0.2, 0.25) is 0 Å². The lowest BCUT2D eigenvalue weighted by molar-refractivity contribution is -0.133. The second-order valence-corrected chi connectivity index (χ2v) is 6.33. The highest BCUT2D eigenvalue weighted by molar-refractivity contribution is 5.90. The fraction of sp³-hybridized carbons (Fsp3) is 0.562. The number of hydrogen-bond acceptors (Lipinski definition) is 2. The van der Waals surface area contributed by atoms with E-state index in [1.165, 1.54) is 12.1 Å². The van der Waals surface area contributed by atoms with Crippen molar-refractivity contribution in [3.8, 4) is 0 Å². The molecule has 1 spiro atoms. The molecular weight excluding hydrogens is 255 g/mol. The third-order valence-electron chi connectivity index (χ3n) is 4.92. The van der Waals surface area contributed by atoms with Crippen LogP contribution in [0, 0.1) is 5.82 Å². The number of benzene rings is 1.